The first kappa shape index (κ1) is 13.6. The van der Waals surface area contributed by atoms with Crippen molar-refractivity contribution < 1.29 is 0 Å². The number of rotatable bonds is 4. The maximum absolute atomic E-state index is 11.3. The van der Waals surface area contributed by atoms with Gasteiger partial charge < -0.3 is 15.3 Å². The average molecular weight is 282 g/mol. The number of imidazole rings is 1. The van der Waals surface area contributed by atoms with Crippen molar-refractivity contribution in [1.29, 1.82) is 0 Å². The molecule has 2 heterocycles. The smallest absolute Gasteiger partial charge is 0.306 e. The van der Waals surface area contributed by atoms with Gasteiger partial charge in [0, 0.05) is 25.0 Å². The van der Waals surface area contributed by atoms with Crippen molar-refractivity contribution in [1.82, 2.24) is 20.3 Å². The van der Waals surface area contributed by atoms with Crippen LogP contribution in [0, 0.1) is 6.92 Å². The van der Waals surface area contributed by atoms with Crippen molar-refractivity contribution in [2.45, 2.75) is 26.4 Å². The Bertz CT molecular complexity index is 818. The molecule has 3 rings (SSSR count). The van der Waals surface area contributed by atoms with Gasteiger partial charge >= 0.3 is 5.69 Å². The van der Waals surface area contributed by atoms with Gasteiger partial charge in [0.15, 0.2) is 0 Å². The molecule has 0 saturated heterocycles. The summed E-state index contributed by atoms with van der Waals surface area (Å²) in [5.74, 6) is 0. The van der Waals surface area contributed by atoms with Crippen LogP contribution in [0.3, 0.4) is 0 Å². The first-order chi connectivity index (χ1) is 10.1. The van der Waals surface area contributed by atoms with Gasteiger partial charge in [0.1, 0.15) is 0 Å². The van der Waals surface area contributed by atoms with Gasteiger partial charge in [-0.1, -0.05) is 6.07 Å². The number of benzene rings is 1. The fourth-order valence-corrected chi connectivity index (χ4v) is 2.38. The summed E-state index contributed by atoms with van der Waals surface area (Å²) in [4.78, 5) is 21.0. The molecule has 0 bridgehead atoms. The number of aromatic amines is 2. The molecule has 0 fully saturated rings. The lowest BCUT2D eigenvalue weighted by molar-refractivity contribution is 0.573. The molecule has 1 aromatic carbocycles. The number of hydrogen-bond donors (Lipinski definition) is 3. The SMILES string of the molecule is Cc1ccncc1CNC(C)c1ccc2[nH]c(=O)[nH]c2c1. The summed E-state index contributed by atoms with van der Waals surface area (Å²) in [5.41, 5.74) is 5.06. The molecule has 21 heavy (non-hydrogen) atoms. The van der Waals surface area contributed by atoms with E-state index in [2.05, 4.69) is 34.1 Å². The number of pyridine rings is 1. The van der Waals surface area contributed by atoms with Crippen LogP contribution in [0.1, 0.15) is 29.7 Å². The number of fused-ring (bicyclic) bond motifs is 1. The number of aromatic nitrogens is 3. The summed E-state index contributed by atoms with van der Waals surface area (Å²) in [6.07, 6.45) is 3.69. The van der Waals surface area contributed by atoms with E-state index in [9.17, 15) is 4.79 Å². The van der Waals surface area contributed by atoms with E-state index < -0.39 is 0 Å². The minimum absolute atomic E-state index is 0.172. The van der Waals surface area contributed by atoms with Crippen LogP contribution in [0.15, 0.2) is 41.5 Å². The maximum atomic E-state index is 11.3. The third-order valence-corrected chi connectivity index (χ3v) is 3.79. The molecular weight excluding hydrogens is 264 g/mol. The molecule has 1 atom stereocenters. The van der Waals surface area contributed by atoms with E-state index in [1.807, 2.05) is 30.5 Å². The second-order valence-electron chi connectivity index (χ2n) is 5.29. The van der Waals surface area contributed by atoms with Crippen LogP contribution >= 0.6 is 0 Å². The van der Waals surface area contributed by atoms with Gasteiger partial charge in [0.25, 0.3) is 0 Å². The largest absolute Gasteiger partial charge is 0.323 e. The summed E-state index contributed by atoms with van der Waals surface area (Å²) >= 11 is 0. The Hall–Kier alpha value is -2.40. The zero-order valence-electron chi connectivity index (χ0n) is 12.1. The Morgan fingerprint density at radius 2 is 2.05 bits per heavy atom. The lowest BCUT2D eigenvalue weighted by Crippen LogP contribution is -2.18. The molecular formula is C16H18N4O. The molecule has 0 aliphatic heterocycles. The van der Waals surface area contributed by atoms with E-state index >= 15 is 0 Å². The molecule has 5 heteroatoms. The van der Waals surface area contributed by atoms with Crippen molar-refractivity contribution in [2.24, 2.45) is 0 Å². The van der Waals surface area contributed by atoms with Gasteiger partial charge in [-0.05, 0) is 48.7 Å². The Morgan fingerprint density at radius 3 is 2.86 bits per heavy atom. The van der Waals surface area contributed by atoms with E-state index in [1.165, 1.54) is 11.1 Å². The zero-order chi connectivity index (χ0) is 14.8. The summed E-state index contributed by atoms with van der Waals surface area (Å²) in [6, 6.07) is 8.15. The van der Waals surface area contributed by atoms with Crippen molar-refractivity contribution in [3.63, 3.8) is 0 Å². The van der Waals surface area contributed by atoms with Crippen molar-refractivity contribution >= 4 is 11.0 Å². The van der Waals surface area contributed by atoms with Crippen LogP contribution in [-0.4, -0.2) is 15.0 Å². The van der Waals surface area contributed by atoms with E-state index in [0.29, 0.717) is 0 Å². The molecule has 0 aliphatic carbocycles. The van der Waals surface area contributed by atoms with E-state index in [4.69, 9.17) is 0 Å². The first-order valence-electron chi connectivity index (χ1n) is 6.98. The van der Waals surface area contributed by atoms with Gasteiger partial charge in [0.2, 0.25) is 0 Å². The average Bonchev–Trinajstić information content (AvgIpc) is 2.85. The maximum Gasteiger partial charge on any atom is 0.323 e. The third-order valence-electron chi connectivity index (χ3n) is 3.79. The highest BCUT2D eigenvalue weighted by Crippen LogP contribution is 2.17. The van der Waals surface area contributed by atoms with Crippen LogP contribution < -0.4 is 11.0 Å². The van der Waals surface area contributed by atoms with Crippen LogP contribution in [0.25, 0.3) is 11.0 Å². The summed E-state index contributed by atoms with van der Waals surface area (Å²) in [5, 5.41) is 3.49. The predicted molar refractivity (Wildman–Crippen MR) is 83.1 cm³/mol. The molecule has 3 N–H and O–H groups in total. The first-order valence-corrected chi connectivity index (χ1v) is 6.98. The molecule has 108 valence electrons. The minimum atomic E-state index is -0.172. The van der Waals surface area contributed by atoms with Gasteiger partial charge in [-0.2, -0.15) is 0 Å². The fraction of sp³-hybridized carbons (Fsp3) is 0.250. The minimum Gasteiger partial charge on any atom is -0.306 e. The summed E-state index contributed by atoms with van der Waals surface area (Å²) < 4.78 is 0. The standard InChI is InChI=1S/C16H18N4O/c1-10-5-6-17-8-13(10)9-18-11(2)12-3-4-14-15(7-12)20-16(21)19-14/h3-8,11,18H,9H2,1-2H3,(H2,19,20,21). The predicted octanol–water partition coefficient (Wildman–Crippen LogP) is 2.41. The van der Waals surface area contributed by atoms with Gasteiger partial charge in [-0.25, -0.2) is 4.79 Å². The Morgan fingerprint density at radius 1 is 1.24 bits per heavy atom. The van der Waals surface area contributed by atoms with E-state index in [0.717, 1.165) is 23.1 Å². The molecule has 1 unspecified atom stereocenters. The number of aryl methyl sites for hydroxylation is 1. The lowest BCUT2D eigenvalue weighted by atomic mass is 10.1. The molecule has 0 saturated carbocycles. The third kappa shape index (κ3) is 2.87. The number of hydrogen-bond acceptors (Lipinski definition) is 3. The highest BCUT2D eigenvalue weighted by molar-refractivity contribution is 5.75. The normalized spacial score (nSPS) is 12.7. The molecule has 0 amide bonds. The zero-order valence-corrected chi connectivity index (χ0v) is 12.1. The lowest BCUT2D eigenvalue weighted by Gasteiger charge is -2.15. The summed E-state index contributed by atoms with van der Waals surface area (Å²) in [7, 11) is 0. The van der Waals surface area contributed by atoms with Crippen LogP contribution in [-0.2, 0) is 6.54 Å². The molecule has 0 spiro atoms. The van der Waals surface area contributed by atoms with Crippen molar-refractivity contribution in [2.75, 3.05) is 0 Å². The summed E-state index contributed by atoms with van der Waals surface area (Å²) in [6.45, 7) is 4.96. The second kappa shape index (κ2) is 5.54. The quantitative estimate of drug-likeness (QED) is 0.688. The van der Waals surface area contributed by atoms with Crippen molar-refractivity contribution in [3.05, 3.63) is 63.8 Å². The second-order valence-corrected chi connectivity index (χ2v) is 5.29. The van der Waals surface area contributed by atoms with Crippen molar-refractivity contribution in [3.8, 4) is 0 Å². The highest BCUT2D eigenvalue weighted by Gasteiger charge is 2.08. The molecule has 3 aromatic rings. The fourth-order valence-electron chi connectivity index (χ4n) is 2.38. The van der Waals surface area contributed by atoms with Gasteiger partial charge in [-0.15, -0.1) is 0 Å². The highest BCUT2D eigenvalue weighted by atomic mass is 16.1. The van der Waals surface area contributed by atoms with E-state index in [-0.39, 0.29) is 11.7 Å². The Balaban J connectivity index is 1.76. The molecule has 0 radical (unpaired) electrons. The molecule has 0 aliphatic rings. The van der Waals surface area contributed by atoms with Gasteiger partial charge in [-0.3, -0.25) is 4.98 Å². The Labute approximate surface area is 122 Å². The number of nitrogens with zero attached hydrogens (tertiary/aromatic N) is 1. The molecule has 2 aromatic heterocycles. The van der Waals surface area contributed by atoms with Crippen LogP contribution in [0.2, 0.25) is 0 Å². The number of H-pyrrole nitrogens is 2. The number of nitrogens with one attached hydrogen (secondary N) is 3. The Kier molecular flexibility index (Phi) is 3.58. The monoisotopic (exact) mass is 282 g/mol. The van der Waals surface area contributed by atoms with Crippen LogP contribution in [0.5, 0.6) is 0 Å². The molecule has 5 nitrogen and oxygen atoms in total. The van der Waals surface area contributed by atoms with E-state index in [1.54, 1.807) is 6.20 Å². The van der Waals surface area contributed by atoms with Crippen LogP contribution in [0.4, 0.5) is 0 Å². The van der Waals surface area contributed by atoms with Gasteiger partial charge in [0.05, 0.1) is 11.0 Å². The topological polar surface area (TPSA) is 73.6 Å².